The molecule has 0 radical (unpaired) electrons. The lowest BCUT2D eigenvalue weighted by atomic mass is 10.00. The lowest BCUT2D eigenvalue weighted by Gasteiger charge is -2.35. The van der Waals surface area contributed by atoms with E-state index in [0.717, 1.165) is 12.8 Å². The van der Waals surface area contributed by atoms with Crippen LogP contribution in [0, 0.1) is 5.92 Å². The highest BCUT2D eigenvalue weighted by atomic mass is 16.6. The number of nitrogens with zero attached hydrogens (tertiary/aromatic N) is 1. The van der Waals surface area contributed by atoms with E-state index in [1.165, 1.54) is 0 Å². The van der Waals surface area contributed by atoms with Gasteiger partial charge >= 0.3 is 6.09 Å². The van der Waals surface area contributed by atoms with Crippen molar-refractivity contribution in [2.75, 3.05) is 19.7 Å². The van der Waals surface area contributed by atoms with Gasteiger partial charge in [0.15, 0.2) is 0 Å². The molecule has 0 aliphatic carbocycles. The number of hydrogen-bond acceptors (Lipinski definition) is 4. The largest absolute Gasteiger partial charge is 0.444 e. The summed E-state index contributed by atoms with van der Waals surface area (Å²) >= 11 is 0. The summed E-state index contributed by atoms with van der Waals surface area (Å²) in [6.45, 7) is 11.4. The number of rotatable bonds is 4. The molecule has 1 saturated heterocycles. The van der Waals surface area contributed by atoms with Crippen molar-refractivity contribution in [3.05, 3.63) is 0 Å². The number of carbonyl (C=O) groups is 1. The van der Waals surface area contributed by atoms with Gasteiger partial charge in [0, 0.05) is 25.2 Å². The number of ether oxygens (including phenoxy) is 1. The Bertz CT molecular complexity index is 305. The average molecular weight is 286 g/mol. The Morgan fingerprint density at radius 2 is 1.90 bits per heavy atom. The molecule has 1 fully saturated rings. The Balaban J connectivity index is 2.38. The second kappa shape index (κ2) is 7.27. The standard InChI is InChI=1S/C15H30N2O3/c1-11(2)13(10-18)16-12-6-8-17(9-7-12)14(19)20-15(3,4)5/h11-13,16,18H,6-10H2,1-5H3/t13-/m1/s1. The molecule has 1 heterocycles. The second-order valence-electron chi connectivity index (χ2n) is 6.94. The lowest BCUT2D eigenvalue weighted by Crippen LogP contribution is -2.50. The zero-order valence-electron chi connectivity index (χ0n) is 13.5. The monoisotopic (exact) mass is 286 g/mol. The molecule has 1 atom stereocenters. The van der Waals surface area contributed by atoms with Crippen molar-refractivity contribution in [3.8, 4) is 0 Å². The van der Waals surface area contributed by atoms with Gasteiger partial charge < -0.3 is 20.1 Å². The summed E-state index contributed by atoms with van der Waals surface area (Å²) < 4.78 is 5.38. The number of amides is 1. The molecule has 0 unspecified atom stereocenters. The summed E-state index contributed by atoms with van der Waals surface area (Å²) in [7, 11) is 0. The smallest absolute Gasteiger partial charge is 0.410 e. The molecule has 118 valence electrons. The van der Waals surface area contributed by atoms with Gasteiger partial charge in [0.05, 0.1) is 6.61 Å². The van der Waals surface area contributed by atoms with Gasteiger partial charge in [0.2, 0.25) is 0 Å². The van der Waals surface area contributed by atoms with Gasteiger partial charge in [-0.05, 0) is 39.5 Å². The minimum Gasteiger partial charge on any atom is -0.444 e. The van der Waals surface area contributed by atoms with Crippen LogP contribution in [0.4, 0.5) is 4.79 Å². The molecule has 2 N–H and O–H groups in total. The minimum absolute atomic E-state index is 0.132. The van der Waals surface area contributed by atoms with Crippen molar-refractivity contribution in [1.29, 1.82) is 0 Å². The molecule has 0 aromatic heterocycles. The maximum absolute atomic E-state index is 12.0. The number of hydrogen-bond donors (Lipinski definition) is 2. The van der Waals surface area contributed by atoms with E-state index in [-0.39, 0.29) is 18.7 Å². The average Bonchev–Trinajstić information content (AvgIpc) is 2.34. The van der Waals surface area contributed by atoms with Gasteiger partial charge in [-0.15, -0.1) is 0 Å². The van der Waals surface area contributed by atoms with Crippen molar-refractivity contribution in [2.45, 2.75) is 65.1 Å². The maximum Gasteiger partial charge on any atom is 0.410 e. The van der Waals surface area contributed by atoms with Crippen LogP contribution in [0.25, 0.3) is 0 Å². The lowest BCUT2D eigenvalue weighted by molar-refractivity contribution is 0.0190. The van der Waals surface area contributed by atoms with Gasteiger partial charge in [-0.1, -0.05) is 13.8 Å². The fraction of sp³-hybridized carbons (Fsp3) is 0.933. The third-order valence-corrected chi connectivity index (χ3v) is 3.60. The summed E-state index contributed by atoms with van der Waals surface area (Å²) in [6.07, 6.45) is 1.59. The summed E-state index contributed by atoms with van der Waals surface area (Å²) in [5, 5.41) is 12.8. The normalized spacial score (nSPS) is 19.2. The van der Waals surface area contributed by atoms with Gasteiger partial charge in [-0.25, -0.2) is 4.79 Å². The van der Waals surface area contributed by atoms with Gasteiger partial charge in [0.25, 0.3) is 0 Å². The molecule has 0 bridgehead atoms. The van der Waals surface area contributed by atoms with Crippen LogP contribution >= 0.6 is 0 Å². The van der Waals surface area contributed by atoms with E-state index in [9.17, 15) is 9.90 Å². The first-order valence-electron chi connectivity index (χ1n) is 7.57. The summed E-state index contributed by atoms with van der Waals surface area (Å²) in [4.78, 5) is 13.7. The molecule has 0 spiro atoms. The number of aliphatic hydroxyl groups is 1. The first-order valence-corrected chi connectivity index (χ1v) is 7.57. The van der Waals surface area contributed by atoms with Crippen molar-refractivity contribution in [1.82, 2.24) is 10.2 Å². The van der Waals surface area contributed by atoms with E-state index in [1.54, 1.807) is 4.90 Å². The third-order valence-electron chi connectivity index (χ3n) is 3.60. The van der Waals surface area contributed by atoms with E-state index in [2.05, 4.69) is 19.2 Å². The van der Waals surface area contributed by atoms with Crippen LogP contribution in [0.15, 0.2) is 0 Å². The van der Waals surface area contributed by atoms with Crippen molar-refractivity contribution < 1.29 is 14.6 Å². The van der Waals surface area contributed by atoms with Crippen LogP contribution in [-0.2, 0) is 4.74 Å². The molecular weight excluding hydrogens is 256 g/mol. The zero-order valence-corrected chi connectivity index (χ0v) is 13.5. The van der Waals surface area contributed by atoms with Crippen LogP contribution in [0.3, 0.4) is 0 Å². The molecule has 0 aromatic rings. The topological polar surface area (TPSA) is 61.8 Å². The van der Waals surface area contributed by atoms with Gasteiger partial charge in [-0.2, -0.15) is 0 Å². The first kappa shape index (κ1) is 17.2. The Morgan fingerprint density at radius 3 is 2.30 bits per heavy atom. The summed E-state index contributed by atoms with van der Waals surface area (Å²) in [5.74, 6) is 0.406. The van der Waals surface area contributed by atoms with E-state index in [1.807, 2.05) is 20.8 Å². The predicted octanol–water partition coefficient (Wildman–Crippen LogP) is 1.99. The van der Waals surface area contributed by atoms with Crippen molar-refractivity contribution >= 4 is 6.09 Å². The Kier molecular flexibility index (Phi) is 6.27. The van der Waals surface area contributed by atoms with E-state index in [0.29, 0.717) is 25.0 Å². The zero-order chi connectivity index (χ0) is 15.3. The van der Waals surface area contributed by atoms with Crippen LogP contribution in [0.5, 0.6) is 0 Å². The molecule has 5 nitrogen and oxygen atoms in total. The van der Waals surface area contributed by atoms with Gasteiger partial charge in [0.1, 0.15) is 5.60 Å². The van der Waals surface area contributed by atoms with Crippen molar-refractivity contribution in [2.24, 2.45) is 5.92 Å². The molecule has 5 heteroatoms. The number of carbonyl (C=O) groups excluding carboxylic acids is 1. The molecule has 1 rings (SSSR count). The highest BCUT2D eigenvalue weighted by molar-refractivity contribution is 5.68. The van der Waals surface area contributed by atoms with E-state index < -0.39 is 5.60 Å². The number of piperidine rings is 1. The van der Waals surface area contributed by atoms with Crippen LogP contribution < -0.4 is 5.32 Å². The molecule has 0 saturated carbocycles. The maximum atomic E-state index is 12.0. The fourth-order valence-electron chi connectivity index (χ4n) is 2.31. The third kappa shape index (κ3) is 5.67. The second-order valence-corrected chi connectivity index (χ2v) is 6.94. The Morgan fingerprint density at radius 1 is 1.35 bits per heavy atom. The Hall–Kier alpha value is -0.810. The number of likely N-dealkylation sites (tertiary alicyclic amines) is 1. The molecule has 1 aliphatic heterocycles. The highest BCUT2D eigenvalue weighted by Gasteiger charge is 2.28. The quantitative estimate of drug-likeness (QED) is 0.829. The molecular formula is C15H30N2O3. The van der Waals surface area contributed by atoms with E-state index >= 15 is 0 Å². The Labute approximate surface area is 122 Å². The van der Waals surface area contributed by atoms with Crippen molar-refractivity contribution in [3.63, 3.8) is 0 Å². The van der Waals surface area contributed by atoms with Gasteiger partial charge in [-0.3, -0.25) is 0 Å². The van der Waals surface area contributed by atoms with Crippen LogP contribution in [0.1, 0.15) is 47.5 Å². The predicted molar refractivity (Wildman–Crippen MR) is 79.7 cm³/mol. The summed E-state index contributed by atoms with van der Waals surface area (Å²) in [5.41, 5.74) is -0.439. The van der Waals surface area contributed by atoms with Crippen LogP contribution in [-0.4, -0.2) is 53.5 Å². The summed E-state index contributed by atoms with van der Waals surface area (Å²) in [6, 6.07) is 0.501. The molecule has 20 heavy (non-hydrogen) atoms. The fourth-order valence-corrected chi connectivity index (χ4v) is 2.31. The minimum atomic E-state index is -0.439. The van der Waals surface area contributed by atoms with Crippen LogP contribution in [0.2, 0.25) is 0 Å². The SMILES string of the molecule is CC(C)[C@@H](CO)NC1CCN(C(=O)OC(C)(C)C)CC1. The van der Waals surface area contributed by atoms with E-state index in [4.69, 9.17) is 4.74 Å². The molecule has 1 amide bonds. The first-order chi connectivity index (χ1) is 9.23. The molecule has 0 aromatic carbocycles. The molecule has 1 aliphatic rings. The number of aliphatic hydroxyl groups excluding tert-OH is 1. The highest BCUT2D eigenvalue weighted by Crippen LogP contribution is 2.16. The number of nitrogens with one attached hydrogen (secondary N) is 1.